The number of ether oxygens (including phenoxy) is 2. The van der Waals surface area contributed by atoms with Crippen LogP contribution in [0, 0.1) is 0 Å². The maximum atomic E-state index is 12.4. The van der Waals surface area contributed by atoms with Gasteiger partial charge < -0.3 is 25.2 Å². The number of benzene rings is 2. The predicted octanol–water partition coefficient (Wildman–Crippen LogP) is 2.60. The third-order valence-corrected chi connectivity index (χ3v) is 5.50. The van der Waals surface area contributed by atoms with E-state index in [9.17, 15) is 14.4 Å². The lowest BCUT2D eigenvalue weighted by Gasteiger charge is -2.24. The van der Waals surface area contributed by atoms with Crippen molar-refractivity contribution < 1.29 is 29.0 Å². The topological polar surface area (TPSA) is 114 Å². The molecule has 2 aromatic rings. The first-order valence-corrected chi connectivity index (χ1v) is 9.42. The fraction of sp³-hybridized carbons (Fsp3) is 0.211. The molecule has 144 valence electrons. The Bertz CT molecular complexity index is 977. The van der Waals surface area contributed by atoms with E-state index < -0.39 is 11.2 Å². The van der Waals surface area contributed by atoms with Crippen LogP contribution in [-0.4, -0.2) is 41.4 Å². The third kappa shape index (κ3) is 3.74. The van der Waals surface area contributed by atoms with Crippen LogP contribution < -0.4 is 20.1 Å². The number of hydrogen-bond acceptors (Lipinski definition) is 6. The molecule has 2 amide bonds. The van der Waals surface area contributed by atoms with Gasteiger partial charge in [0.25, 0.3) is 0 Å². The molecule has 1 atom stereocenters. The number of anilines is 2. The highest BCUT2D eigenvalue weighted by Crippen LogP contribution is 2.38. The first-order chi connectivity index (χ1) is 13.5. The zero-order valence-electron chi connectivity index (χ0n) is 14.6. The molecule has 0 bridgehead atoms. The minimum atomic E-state index is -1.05. The molecule has 0 fully saturated rings. The van der Waals surface area contributed by atoms with Gasteiger partial charge in [-0.3, -0.25) is 9.59 Å². The number of carbonyl (C=O) groups excluding carboxylic acids is 2. The van der Waals surface area contributed by atoms with Crippen molar-refractivity contribution in [3.05, 3.63) is 42.0 Å². The second-order valence-corrected chi connectivity index (χ2v) is 7.47. The fourth-order valence-electron chi connectivity index (χ4n) is 2.91. The van der Waals surface area contributed by atoms with E-state index in [4.69, 9.17) is 14.6 Å². The number of aromatic carboxylic acids is 1. The molecule has 0 saturated carbocycles. The number of hydrogen-bond donors (Lipinski definition) is 3. The standard InChI is InChI=1S/C19H16N2O6S/c22-17(20-11-2-4-13-14(8-11)27-6-5-26-13)9-16-18(23)21-12-3-1-10(19(24)25)7-15(12)28-16/h1-4,7-8,16H,5-6,9H2,(H,20,22)(H,21,23)(H,24,25)/t16-/m0/s1. The summed E-state index contributed by atoms with van der Waals surface area (Å²) in [6.45, 7) is 0.929. The molecule has 4 rings (SSSR count). The van der Waals surface area contributed by atoms with Crippen molar-refractivity contribution in [1.82, 2.24) is 0 Å². The molecule has 9 heteroatoms. The van der Waals surface area contributed by atoms with Gasteiger partial charge in [0, 0.05) is 23.1 Å². The largest absolute Gasteiger partial charge is 0.486 e. The van der Waals surface area contributed by atoms with Crippen molar-refractivity contribution >= 4 is 40.9 Å². The normalized spacial score (nSPS) is 17.3. The minimum absolute atomic E-state index is 0.0539. The van der Waals surface area contributed by atoms with Crippen LogP contribution in [0.15, 0.2) is 41.3 Å². The molecule has 3 N–H and O–H groups in total. The van der Waals surface area contributed by atoms with Crippen molar-refractivity contribution in [2.45, 2.75) is 16.6 Å². The highest BCUT2D eigenvalue weighted by atomic mass is 32.2. The summed E-state index contributed by atoms with van der Waals surface area (Å²) < 4.78 is 10.9. The molecular formula is C19H16N2O6S. The number of carboxylic acid groups (broad SMARTS) is 1. The Labute approximate surface area is 164 Å². The summed E-state index contributed by atoms with van der Waals surface area (Å²) >= 11 is 1.18. The van der Waals surface area contributed by atoms with Gasteiger partial charge in [-0.25, -0.2) is 4.79 Å². The second kappa shape index (κ2) is 7.43. The molecule has 0 radical (unpaired) electrons. The second-order valence-electron chi connectivity index (χ2n) is 6.22. The summed E-state index contributed by atoms with van der Waals surface area (Å²) in [5, 5.41) is 13.9. The highest BCUT2D eigenvalue weighted by Gasteiger charge is 2.29. The van der Waals surface area contributed by atoms with Gasteiger partial charge >= 0.3 is 5.97 Å². The van der Waals surface area contributed by atoms with Crippen LogP contribution in [0.2, 0.25) is 0 Å². The van der Waals surface area contributed by atoms with Gasteiger partial charge in [-0.1, -0.05) is 0 Å². The van der Waals surface area contributed by atoms with Gasteiger partial charge in [0.1, 0.15) is 13.2 Å². The Hall–Kier alpha value is -3.20. The molecular weight excluding hydrogens is 384 g/mol. The maximum Gasteiger partial charge on any atom is 0.335 e. The van der Waals surface area contributed by atoms with E-state index in [1.807, 2.05) is 0 Å². The van der Waals surface area contributed by atoms with Crippen LogP contribution in [0.5, 0.6) is 11.5 Å². The Morgan fingerprint density at radius 3 is 2.71 bits per heavy atom. The first kappa shape index (κ1) is 18.2. The van der Waals surface area contributed by atoms with Crippen LogP contribution in [0.1, 0.15) is 16.8 Å². The van der Waals surface area contributed by atoms with E-state index in [-0.39, 0.29) is 23.8 Å². The van der Waals surface area contributed by atoms with E-state index in [1.165, 1.54) is 23.9 Å². The Balaban J connectivity index is 1.44. The summed E-state index contributed by atoms with van der Waals surface area (Å²) in [5.41, 5.74) is 1.22. The highest BCUT2D eigenvalue weighted by molar-refractivity contribution is 8.01. The van der Waals surface area contributed by atoms with Crippen LogP contribution >= 0.6 is 11.8 Å². The average molecular weight is 400 g/mol. The van der Waals surface area contributed by atoms with E-state index >= 15 is 0 Å². The third-order valence-electron chi connectivity index (χ3n) is 4.24. The van der Waals surface area contributed by atoms with Gasteiger partial charge in [-0.2, -0.15) is 0 Å². The molecule has 2 heterocycles. The summed E-state index contributed by atoms with van der Waals surface area (Å²) in [6.07, 6.45) is -0.0539. The average Bonchev–Trinajstić information content (AvgIpc) is 2.68. The van der Waals surface area contributed by atoms with Crippen molar-refractivity contribution in [3.8, 4) is 11.5 Å². The zero-order chi connectivity index (χ0) is 19.7. The maximum absolute atomic E-state index is 12.4. The Kier molecular flexibility index (Phi) is 4.82. The summed E-state index contributed by atoms with van der Waals surface area (Å²) in [4.78, 5) is 36.5. The number of carbonyl (C=O) groups is 3. The minimum Gasteiger partial charge on any atom is -0.486 e. The lowest BCUT2D eigenvalue weighted by atomic mass is 10.2. The Morgan fingerprint density at radius 2 is 1.93 bits per heavy atom. The molecule has 2 aliphatic rings. The zero-order valence-corrected chi connectivity index (χ0v) is 15.4. The Morgan fingerprint density at radius 1 is 1.14 bits per heavy atom. The van der Waals surface area contributed by atoms with Crippen molar-refractivity contribution in [2.24, 2.45) is 0 Å². The van der Waals surface area contributed by atoms with Crippen LogP contribution in [-0.2, 0) is 9.59 Å². The van der Waals surface area contributed by atoms with Crippen LogP contribution in [0.4, 0.5) is 11.4 Å². The molecule has 2 aliphatic heterocycles. The van der Waals surface area contributed by atoms with Gasteiger partial charge in [-0.05, 0) is 30.3 Å². The van der Waals surface area contributed by atoms with E-state index in [1.54, 1.807) is 24.3 Å². The predicted molar refractivity (Wildman–Crippen MR) is 102 cm³/mol. The first-order valence-electron chi connectivity index (χ1n) is 8.54. The van der Waals surface area contributed by atoms with Gasteiger partial charge in [0.15, 0.2) is 11.5 Å². The van der Waals surface area contributed by atoms with Gasteiger partial charge in [0.2, 0.25) is 11.8 Å². The number of nitrogens with one attached hydrogen (secondary N) is 2. The molecule has 8 nitrogen and oxygen atoms in total. The number of thioether (sulfide) groups is 1. The number of amides is 2. The summed E-state index contributed by atoms with van der Waals surface area (Å²) in [6, 6.07) is 9.57. The van der Waals surface area contributed by atoms with E-state index in [2.05, 4.69) is 10.6 Å². The summed E-state index contributed by atoms with van der Waals surface area (Å²) in [7, 11) is 0. The number of carboxylic acids is 1. The molecule has 0 aliphatic carbocycles. The molecule has 0 aromatic heterocycles. The van der Waals surface area contributed by atoms with E-state index in [0.29, 0.717) is 41.0 Å². The quantitative estimate of drug-likeness (QED) is 0.723. The molecule has 28 heavy (non-hydrogen) atoms. The molecule has 0 spiro atoms. The SMILES string of the molecule is O=C(C[C@@H]1Sc2cc(C(=O)O)ccc2NC1=O)Nc1ccc2c(c1)OCCO2. The molecule has 0 saturated heterocycles. The van der Waals surface area contributed by atoms with Gasteiger partial charge in [-0.15, -0.1) is 11.8 Å². The fourth-order valence-corrected chi connectivity index (χ4v) is 4.06. The number of rotatable bonds is 4. The lowest BCUT2D eigenvalue weighted by Crippen LogP contribution is -2.32. The van der Waals surface area contributed by atoms with Crippen molar-refractivity contribution in [1.29, 1.82) is 0 Å². The van der Waals surface area contributed by atoms with Crippen molar-refractivity contribution in [2.75, 3.05) is 23.8 Å². The smallest absolute Gasteiger partial charge is 0.335 e. The van der Waals surface area contributed by atoms with Crippen molar-refractivity contribution in [3.63, 3.8) is 0 Å². The summed E-state index contributed by atoms with van der Waals surface area (Å²) in [5.74, 6) is -0.491. The van der Waals surface area contributed by atoms with Gasteiger partial charge in [0.05, 0.1) is 16.5 Å². The molecule has 2 aromatic carbocycles. The lowest BCUT2D eigenvalue weighted by molar-refractivity contribution is -0.120. The van der Waals surface area contributed by atoms with Crippen LogP contribution in [0.25, 0.3) is 0 Å². The number of fused-ring (bicyclic) bond motifs is 2. The monoisotopic (exact) mass is 400 g/mol. The molecule has 0 unspecified atom stereocenters. The van der Waals surface area contributed by atoms with E-state index in [0.717, 1.165) is 0 Å². The van der Waals surface area contributed by atoms with Crippen LogP contribution in [0.3, 0.4) is 0 Å².